The molecule has 0 bridgehead atoms. The van der Waals surface area contributed by atoms with E-state index in [4.69, 9.17) is 5.11 Å². The highest BCUT2D eigenvalue weighted by Gasteiger charge is 2.16. The largest absolute Gasteiger partial charge is 0.477 e. The number of nitrogens with zero attached hydrogens (tertiary/aromatic N) is 4. The number of aromatic carboxylic acids is 1. The van der Waals surface area contributed by atoms with Gasteiger partial charge in [-0.15, -0.1) is 0 Å². The second-order valence-electron chi connectivity index (χ2n) is 4.09. The van der Waals surface area contributed by atoms with Crippen molar-refractivity contribution in [3.63, 3.8) is 0 Å². The van der Waals surface area contributed by atoms with Gasteiger partial charge in [0.05, 0.1) is 17.6 Å². The second-order valence-corrected chi connectivity index (χ2v) is 4.09. The van der Waals surface area contributed by atoms with Gasteiger partial charge < -0.3 is 10.4 Å². The van der Waals surface area contributed by atoms with Crippen LogP contribution < -0.4 is 5.32 Å². The Morgan fingerprint density at radius 2 is 2.20 bits per heavy atom. The number of carbonyl (C=O) groups is 1. The second kappa shape index (κ2) is 4.61. The first-order valence-electron chi connectivity index (χ1n) is 5.92. The van der Waals surface area contributed by atoms with Gasteiger partial charge in [-0.3, -0.25) is 4.98 Å². The minimum absolute atomic E-state index is 0.0549. The first kappa shape index (κ1) is 12.1. The highest BCUT2D eigenvalue weighted by molar-refractivity contribution is 5.94. The average Bonchev–Trinajstić information content (AvgIpc) is 2.91. The molecule has 0 atom stereocenters. The number of anilines is 1. The molecule has 0 amide bonds. The van der Waals surface area contributed by atoms with E-state index in [0.29, 0.717) is 17.2 Å². The number of hydrogen-bond acceptors (Lipinski definition) is 5. The van der Waals surface area contributed by atoms with Crippen molar-refractivity contribution in [2.75, 3.05) is 12.4 Å². The number of rotatable bonds is 3. The molecule has 3 rings (SSSR count). The minimum Gasteiger partial charge on any atom is -0.477 e. The molecule has 0 saturated heterocycles. The molecule has 100 valence electrons. The molecular weight excluding hydrogens is 258 g/mol. The van der Waals surface area contributed by atoms with Gasteiger partial charge in [0.1, 0.15) is 11.4 Å². The van der Waals surface area contributed by atoms with Gasteiger partial charge in [-0.05, 0) is 12.1 Å². The maximum Gasteiger partial charge on any atom is 0.341 e. The van der Waals surface area contributed by atoms with Gasteiger partial charge in [-0.1, -0.05) is 6.07 Å². The Morgan fingerprint density at radius 1 is 1.35 bits per heavy atom. The average molecular weight is 269 g/mol. The van der Waals surface area contributed by atoms with Crippen LogP contribution in [0.3, 0.4) is 0 Å². The minimum atomic E-state index is -1.06. The van der Waals surface area contributed by atoms with Crippen molar-refractivity contribution in [3.05, 3.63) is 42.2 Å². The first-order valence-corrected chi connectivity index (χ1v) is 5.92. The number of hydrogen-bond donors (Lipinski definition) is 2. The van der Waals surface area contributed by atoms with E-state index in [1.54, 1.807) is 19.3 Å². The highest BCUT2D eigenvalue weighted by atomic mass is 16.4. The Hall–Kier alpha value is -2.96. The number of aromatic nitrogens is 4. The van der Waals surface area contributed by atoms with Gasteiger partial charge in [0.25, 0.3) is 0 Å². The van der Waals surface area contributed by atoms with Crippen LogP contribution in [-0.4, -0.2) is 37.7 Å². The predicted molar refractivity (Wildman–Crippen MR) is 72.7 cm³/mol. The summed E-state index contributed by atoms with van der Waals surface area (Å²) in [5.74, 6) is -0.420. The molecule has 3 heterocycles. The molecule has 0 spiro atoms. The third-order valence-electron chi connectivity index (χ3n) is 2.89. The maximum absolute atomic E-state index is 11.2. The lowest BCUT2D eigenvalue weighted by Gasteiger charge is -2.07. The van der Waals surface area contributed by atoms with Gasteiger partial charge >= 0.3 is 5.97 Å². The molecule has 3 aromatic heterocycles. The van der Waals surface area contributed by atoms with Gasteiger partial charge in [0.15, 0.2) is 5.65 Å². The number of pyridine rings is 1. The van der Waals surface area contributed by atoms with E-state index in [0.717, 1.165) is 0 Å². The van der Waals surface area contributed by atoms with Crippen LogP contribution >= 0.6 is 0 Å². The van der Waals surface area contributed by atoms with Crippen molar-refractivity contribution in [1.29, 1.82) is 0 Å². The molecule has 0 aliphatic heterocycles. The van der Waals surface area contributed by atoms with Gasteiger partial charge in [-0.25, -0.2) is 9.78 Å². The zero-order valence-electron chi connectivity index (χ0n) is 10.6. The van der Waals surface area contributed by atoms with E-state index >= 15 is 0 Å². The van der Waals surface area contributed by atoms with Crippen LogP contribution in [0.15, 0.2) is 36.7 Å². The van der Waals surface area contributed by atoms with E-state index < -0.39 is 5.97 Å². The van der Waals surface area contributed by atoms with Crippen LogP contribution in [0.2, 0.25) is 0 Å². The van der Waals surface area contributed by atoms with Crippen LogP contribution in [0.4, 0.5) is 5.82 Å². The fraction of sp³-hybridized carbons (Fsp3) is 0.0769. The van der Waals surface area contributed by atoms with E-state index in [1.165, 1.54) is 10.7 Å². The number of nitrogens with one attached hydrogen (secondary N) is 1. The smallest absolute Gasteiger partial charge is 0.341 e. The summed E-state index contributed by atoms with van der Waals surface area (Å²) in [6, 6.07) is 7.24. The van der Waals surface area contributed by atoms with Crippen molar-refractivity contribution in [1.82, 2.24) is 19.6 Å². The quantitative estimate of drug-likeness (QED) is 0.749. The SMILES string of the molecule is CNc1cc(-c2ccccn2)nc2c(C(=O)O)cnn12. The molecule has 0 radical (unpaired) electrons. The Morgan fingerprint density at radius 3 is 2.85 bits per heavy atom. The lowest BCUT2D eigenvalue weighted by molar-refractivity contribution is 0.0699. The third-order valence-corrected chi connectivity index (χ3v) is 2.89. The topological polar surface area (TPSA) is 92.4 Å². The Balaban J connectivity index is 2.30. The van der Waals surface area contributed by atoms with Crippen LogP contribution in [-0.2, 0) is 0 Å². The van der Waals surface area contributed by atoms with Crippen molar-refractivity contribution >= 4 is 17.4 Å². The standard InChI is InChI=1S/C13H11N5O2/c1-14-11-6-10(9-4-2-3-5-15-9)17-12-8(13(19)20)7-16-18(11)12/h2-7,14H,1H3,(H,19,20). The summed E-state index contributed by atoms with van der Waals surface area (Å²) < 4.78 is 1.45. The number of carboxylic acids is 1. The molecule has 20 heavy (non-hydrogen) atoms. The summed E-state index contributed by atoms with van der Waals surface area (Å²) in [4.78, 5) is 19.8. The molecule has 0 aromatic carbocycles. The predicted octanol–water partition coefficient (Wildman–Crippen LogP) is 1.53. The highest BCUT2D eigenvalue weighted by Crippen LogP contribution is 2.21. The normalized spacial score (nSPS) is 10.7. The van der Waals surface area contributed by atoms with Crippen molar-refractivity contribution in [2.45, 2.75) is 0 Å². The van der Waals surface area contributed by atoms with Crippen LogP contribution in [0.5, 0.6) is 0 Å². The lowest BCUT2D eigenvalue weighted by atomic mass is 10.2. The monoisotopic (exact) mass is 269 g/mol. The Labute approximate surface area is 113 Å². The summed E-state index contributed by atoms with van der Waals surface area (Å²) in [6.07, 6.45) is 2.95. The third kappa shape index (κ3) is 1.85. The summed E-state index contributed by atoms with van der Waals surface area (Å²) in [5, 5.41) is 16.2. The maximum atomic E-state index is 11.2. The molecule has 7 nitrogen and oxygen atoms in total. The van der Waals surface area contributed by atoms with Gasteiger partial charge in [-0.2, -0.15) is 9.61 Å². The summed E-state index contributed by atoms with van der Waals surface area (Å²) in [6.45, 7) is 0. The van der Waals surface area contributed by atoms with Crippen LogP contribution in [0, 0.1) is 0 Å². The lowest BCUT2D eigenvalue weighted by Crippen LogP contribution is -2.04. The zero-order chi connectivity index (χ0) is 14.1. The Bertz CT molecular complexity index is 782. The molecule has 2 N–H and O–H groups in total. The molecule has 0 unspecified atom stereocenters. The van der Waals surface area contributed by atoms with E-state index in [1.807, 2.05) is 18.2 Å². The van der Waals surface area contributed by atoms with E-state index in [9.17, 15) is 4.79 Å². The number of carboxylic acid groups (broad SMARTS) is 1. The van der Waals surface area contributed by atoms with Crippen molar-refractivity contribution in [3.8, 4) is 11.4 Å². The van der Waals surface area contributed by atoms with Crippen molar-refractivity contribution < 1.29 is 9.90 Å². The Kier molecular flexibility index (Phi) is 2.79. The molecular formula is C13H11N5O2. The number of fused-ring (bicyclic) bond motifs is 1. The summed E-state index contributed by atoms with van der Waals surface area (Å²) >= 11 is 0. The fourth-order valence-electron chi connectivity index (χ4n) is 1.94. The van der Waals surface area contributed by atoms with E-state index in [2.05, 4.69) is 20.4 Å². The van der Waals surface area contributed by atoms with Gasteiger partial charge in [0.2, 0.25) is 0 Å². The summed E-state index contributed by atoms with van der Waals surface area (Å²) in [7, 11) is 1.74. The van der Waals surface area contributed by atoms with Gasteiger partial charge in [0, 0.05) is 19.3 Å². The zero-order valence-corrected chi connectivity index (χ0v) is 10.6. The first-order chi connectivity index (χ1) is 9.70. The molecule has 0 aliphatic carbocycles. The molecule has 7 heteroatoms. The van der Waals surface area contributed by atoms with Crippen LogP contribution in [0.1, 0.15) is 10.4 Å². The molecule has 0 aliphatic rings. The molecule has 0 fully saturated rings. The van der Waals surface area contributed by atoms with Crippen molar-refractivity contribution in [2.24, 2.45) is 0 Å². The molecule has 3 aromatic rings. The molecule has 0 saturated carbocycles. The van der Waals surface area contributed by atoms with E-state index in [-0.39, 0.29) is 11.2 Å². The van der Waals surface area contributed by atoms with Crippen LogP contribution in [0.25, 0.3) is 17.0 Å². The fourth-order valence-corrected chi connectivity index (χ4v) is 1.94. The summed E-state index contributed by atoms with van der Waals surface area (Å²) in [5.41, 5.74) is 1.60.